The summed E-state index contributed by atoms with van der Waals surface area (Å²) in [6.07, 6.45) is 1.82. The first kappa shape index (κ1) is 15.9. The lowest BCUT2D eigenvalue weighted by Gasteiger charge is -2.03. The van der Waals surface area contributed by atoms with Crippen LogP contribution in [0, 0.1) is 11.8 Å². The van der Waals surface area contributed by atoms with Crippen molar-refractivity contribution < 1.29 is 9.84 Å². The van der Waals surface area contributed by atoms with Gasteiger partial charge >= 0.3 is 0 Å². The van der Waals surface area contributed by atoms with Crippen LogP contribution in [0.1, 0.15) is 12.5 Å². The monoisotopic (exact) mass is 318 g/mol. The Morgan fingerprint density at radius 3 is 2.42 bits per heavy atom. The van der Waals surface area contributed by atoms with E-state index >= 15 is 0 Å². The van der Waals surface area contributed by atoms with E-state index in [-0.39, 0.29) is 6.61 Å². The van der Waals surface area contributed by atoms with Gasteiger partial charge in [-0.2, -0.15) is 0 Å². The molecule has 0 radical (unpaired) electrons. The van der Waals surface area contributed by atoms with Crippen molar-refractivity contribution in [2.75, 3.05) is 13.2 Å². The van der Waals surface area contributed by atoms with Crippen LogP contribution in [-0.2, 0) is 0 Å². The fourth-order valence-electron chi connectivity index (χ4n) is 2.37. The summed E-state index contributed by atoms with van der Waals surface area (Å²) in [5, 5.41) is 8.72. The Bertz CT molecular complexity index is 853. The van der Waals surface area contributed by atoms with E-state index < -0.39 is 0 Å². The van der Waals surface area contributed by atoms with Crippen LogP contribution in [0.5, 0.6) is 5.75 Å². The maximum absolute atomic E-state index is 8.72. The molecule has 4 heteroatoms. The molecule has 0 bridgehead atoms. The van der Waals surface area contributed by atoms with Gasteiger partial charge in [0.15, 0.2) is 0 Å². The lowest BCUT2D eigenvalue weighted by molar-refractivity contribution is 0.340. The van der Waals surface area contributed by atoms with Crippen LogP contribution in [0.15, 0.2) is 54.7 Å². The molecule has 0 saturated heterocycles. The summed E-state index contributed by atoms with van der Waals surface area (Å²) < 4.78 is 5.46. The second kappa shape index (κ2) is 7.49. The van der Waals surface area contributed by atoms with Crippen LogP contribution >= 0.6 is 0 Å². The summed E-state index contributed by atoms with van der Waals surface area (Å²) in [5.74, 6) is 7.18. The molecule has 3 rings (SSSR count). The van der Waals surface area contributed by atoms with Crippen molar-refractivity contribution in [2.45, 2.75) is 6.92 Å². The Kier molecular flexibility index (Phi) is 4.95. The number of hydrogen-bond donors (Lipinski definition) is 2. The number of H-pyrrole nitrogens is 1. The maximum Gasteiger partial charge on any atom is 0.137 e. The molecule has 0 aliphatic rings. The van der Waals surface area contributed by atoms with Crippen LogP contribution in [0.25, 0.3) is 22.6 Å². The third kappa shape index (κ3) is 3.65. The van der Waals surface area contributed by atoms with Gasteiger partial charge in [-0.25, -0.2) is 4.98 Å². The Morgan fingerprint density at radius 1 is 1.04 bits per heavy atom. The summed E-state index contributed by atoms with van der Waals surface area (Å²) in [5.41, 5.74) is 3.87. The number of nitrogens with zero attached hydrogens (tertiary/aromatic N) is 1. The lowest BCUT2D eigenvalue weighted by Crippen LogP contribution is -1.90. The molecule has 0 saturated carbocycles. The molecular weight excluding hydrogens is 300 g/mol. The van der Waals surface area contributed by atoms with Gasteiger partial charge in [0.05, 0.1) is 18.5 Å². The van der Waals surface area contributed by atoms with Crippen LogP contribution in [0.4, 0.5) is 0 Å². The molecule has 0 amide bonds. The van der Waals surface area contributed by atoms with Crippen LogP contribution in [0.2, 0.25) is 0 Å². The lowest BCUT2D eigenvalue weighted by atomic mass is 10.1. The second-order valence-corrected chi connectivity index (χ2v) is 5.14. The molecule has 2 N–H and O–H groups in total. The number of ether oxygens (including phenoxy) is 1. The van der Waals surface area contributed by atoms with Crippen molar-refractivity contribution in [3.63, 3.8) is 0 Å². The second-order valence-electron chi connectivity index (χ2n) is 5.14. The summed E-state index contributed by atoms with van der Waals surface area (Å²) in [4.78, 5) is 7.78. The number of aromatic amines is 1. The molecular formula is C20H18N2O2. The average Bonchev–Trinajstić information content (AvgIpc) is 3.11. The van der Waals surface area contributed by atoms with Gasteiger partial charge in [-0.1, -0.05) is 24.0 Å². The van der Waals surface area contributed by atoms with Gasteiger partial charge in [0.1, 0.15) is 18.2 Å². The number of aliphatic hydroxyl groups excluding tert-OH is 1. The molecule has 0 fully saturated rings. The van der Waals surface area contributed by atoms with Crippen molar-refractivity contribution in [2.24, 2.45) is 0 Å². The van der Waals surface area contributed by atoms with Crippen LogP contribution < -0.4 is 4.74 Å². The minimum atomic E-state index is -0.134. The summed E-state index contributed by atoms with van der Waals surface area (Å²) >= 11 is 0. The van der Waals surface area contributed by atoms with Gasteiger partial charge in [0.25, 0.3) is 0 Å². The van der Waals surface area contributed by atoms with Gasteiger partial charge in [0.2, 0.25) is 0 Å². The molecule has 0 aliphatic carbocycles. The Balaban J connectivity index is 1.79. The molecule has 1 heterocycles. The summed E-state index contributed by atoms with van der Waals surface area (Å²) in [6.45, 7) is 2.49. The zero-order chi connectivity index (χ0) is 16.8. The number of imidazole rings is 1. The van der Waals surface area contributed by atoms with E-state index in [0.29, 0.717) is 6.61 Å². The maximum atomic E-state index is 8.72. The summed E-state index contributed by atoms with van der Waals surface area (Å²) in [7, 11) is 0. The van der Waals surface area contributed by atoms with Crippen molar-refractivity contribution >= 4 is 0 Å². The van der Waals surface area contributed by atoms with E-state index in [2.05, 4.69) is 21.8 Å². The highest BCUT2D eigenvalue weighted by atomic mass is 16.5. The SMILES string of the molecule is CCOc1ccc(-c2cnc(-c3ccc(C#CCO)cc3)[nH]2)cc1. The van der Waals surface area contributed by atoms with E-state index in [1.807, 2.05) is 61.7 Å². The van der Waals surface area contributed by atoms with E-state index in [9.17, 15) is 0 Å². The molecule has 120 valence electrons. The standard InChI is InChI=1S/C20H18N2O2/c1-2-24-18-11-9-16(10-12-18)19-14-21-20(22-19)17-7-5-15(6-8-17)4-3-13-23/h5-12,14,23H,2,13H2,1H3,(H,21,22). The third-order valence-corrected chi connectivity index (χ3v) is 3.52. The van der Waals surface area contributed by atoms with Crippen molar-refractivity contribution in [1.82, 2.24) is 9.97 Å². The van der Waals surface area contributed by atoms with Crippen LogP contribution in [-0.4, -0.2) is 28.3 Å². The predicted molar refractivity (Wildman–Crippen MR) is 94.6 cm³/mol. The minimum Gasteiger partial charge on any atom is -0.494 e. The summed E-state index contributed by atoms with van der Waals surface area (Å²) in [6, 6.07) is 15.7. The Labute approximate surface area is 141 Å². The normalized spacial score (nSPS) is 10.1. The number of aromatic nitrogens is 2. The van der Waals surface area contributed by atoms with Gasteiger partial charge in [-0.3, -0.25) is 0 Å². The van der Waals surface area contributed by atoms with Crippen molar-refractivity contribution in [3.05, 3.63) is 60.3 Å². The first-order chi connectivity index (χ1) is 11.8. The number of nitrogens with one attached hydrogen (secondary N) is 1. The molecule has 24 heavy (non-hydrogen) atoms. The molecule has 0 aliphatic heterocycles. The van der Waals surface area contributed by atoms with Crippen LogP contribution in [0.3, 0.4) is 0 Å². The average molecular weight is 318 g/mol. The first-order valence-electron chi connectivity index (χ1n) is 7.78. The highest BCUT2D eigenvalue weighted by Gasteiger charge is 2.06. The molecule has 2 aromatic carbocycles. The van der Waals surface area contributed by atoms with Gasteiger partial charge < -0.3 is 14.8 Å². The van der Waals surface area contributed by atoms with E-state index in [4.69, 9.17) is 9.84 Å². The minimum absolute atomic E-state index is 0.134. The molecule has 1 aromatic heterocycles. The van der Waals surface area contributed by atoms with E-state index in [1.165, 1.54) is 0 Å². The zero-order valence-electron chi connectivity index (χ0n) is 13.4. The molecule has 3 aromatic rings. The highest BCUT2D eigenvalue weighted by Crippen LogP contribution is 2.24. The number of hydrogen-bond acceptors (Lipinski definition) is 3. The molecule has 0 spiro atoms. The topological polar surface area (TPSA) is 58.1 Å². The quantitative estimate of drug-likeness (QED) is 0.724. The fourth-order valence-corrected chi connectivity index (χ4v) is 2.37. The smallest absolute Gasteiger partial charge is 0.137 e. The Morgan fingerprint density at radius 2 is 1.75 bits per heavy atom. The third-order valence-electron chi connectivity index (χ3n) is 3.52. The van der Waals surface area contributed by atoms with E-state index in [1.54, 1.807) is 0 Å². The number of rotatable bonds is 4. The first-order valence-corrected chi connectivity index (χ1v) is 7.78. The van der Waals surface area contributed by atoms with Crippen molar-refractivity contribution in [1.29, 1.82) is 0 Å². The number of aliphatic hydroxyl groups is 1. The Hall–Kier alpha value is -3.03. The zero-order valence-corrected chi connectivity index (χ0v) is 13.4. The molecule has 0 unspecified atom stereocenters. The van der Waals surface area contributed by atoms with Gasteiger partial charge in [-0.05, 0) is 48.9 Å². The fraction of sp³-hybridized carbons (Fsp3) is 0.150. The number of benzene rings is 2. The predicted octanol–water partition coefficient (Wildman–Crippen LogP) is 3.49. The molecule has 4 nitrogen and oxygen atoms in total. The largest absolute Gasteiger partial charge is 0.494 e. The highest BCUT2D eigenvalue weighted by molar-refractivity contribution is 5.65. The van der Waals surface area contributed by atoms with Gasteiger partial charge in [0, 0.05) is 11.1 Å². The van der Waals surface area contributed by atoms with E-state index in [0.717, 1.165) is 34.0 Å². The van der Waals surface area contributed by atoms with Crippen molar-refractivity contribution in [3.8, 4) is 40.2 Å². The molecule has 0 atom stereocenters. The van der Waals surface area contributed by atoms with Gasteiger partial charge in [-0.15, -0.1) is 0 Å².